The highest BCUT2D eigenvalue weighted by molar-refractivity contribution is 4.81. The Labute approximate surface area is 79.9 Å². The van der Waals surface area contributed by atoms with E-state index in [1.165, 1.54) is 6.42 Å². The van der Waals surface area contributed by atoms with Gasteiger partial charge in [0.05, 0.1) is 6.10 Å². The summed E-state index contributed by atoms with van der Waals surface area (Å²) < 4.78 is 0. The Morgan fingerprint density at radius 3 is 2.69 bits per heavy atom. The molecule has 4 N–H and O–H groups in total. The second-order valence-electron chi connectivity index (χ2n) is 4.11. The van der Waals surface area contributed by atoms with Crippen molar-refractivity contribution in [2.75, 3.05) is 6.61 Å². The van der Waals surface area contributed by atoms with Gasteiger partial charge in [-0.2, -0.15) is 0 Å². The van der Waals surface area contributed by atoms with Gasteiger partial charge in [-0.3, -0.25) is 0 Å². The fourth-order valence-corrected chi connectivity index (χ4v) is 2.15. The molecule has 1 fully saturated rings. The lowest BCUT2D eigenvalue weighted by Crippen LogP contribution is -2.27. The molecule has 0 heterocycles. The van der Waals surface area contributed by atoms with Crippen molar-refractivity contribution in [3.8, 4) is 0 Å². The van der Waals surface area contributed by atoms with E-state index in [4.69, 9.17) is 10.8 Å². The maximum Gasteiger partial charge on any atom is 0.0544 e. The molecule has 3 heteroatoms. The maximum absolute atomic E-state index is 9.59. The van der Waals surface area contributed by atoms with Gasteiger partial charge in [-0.1, -0.05) is 6.42 Å². The number of aliphatic hydroxyl groups is 2. The van der Waals surface area contributed by atoms with Crippen molar-refractivity contribution in [1.29, 1.82) is 0 Å². The SMILES string of the molecule is NC1CCCC1CC(O)CCCO. The lowest BCUT2D eigenvalue weighted by molar-refractivity contribution is 0.120. The third kappa shape index (κ3) is 3.63. The molecule has 0 aliphatic heterocycles. The van der Waals surface area contributed by atoms with E-state index >= 15 is 0 Å². The van der Waals surface area contributed by atoms with E-state index in [0.717, 1.165) is 19.3 Å². The van der Waals surface area contributed by atoms with Crippen LogP contribution in [0.5, 0.6) is 0 Å². The first-order valence-corrected chi connectivity index (χ1v) is 5.28. The average molecular weight is 187 g/mol. The lowest BCUT2D eigenvalue weighted by Gasteiger charge is -2.18. The van der Waals surface area contributed by atoms with E-state index in [-0.39, 0.29) is 12.7 Å². The van der Waals surface area contributed by atoms with Crippen molar-refractivity contribution in [1.82, 2.24) is 0 Å². The Balaban J connectivity index is 2.15. The zero-order chi connectivity index (χ0) is 9.68. The summed E-state index contributed by atoms with van der Waals surface area (Å²) in [6.07, 6.45) is 5.44. The van der Waals surface area contributed by atoms with Gasteiger partial charge in [0.2, 0.25) is 0 Å². The minimum Gasteiger partial charge on any atom is -0.396 e. The quantitative estimate of drug-likeness (QED) is 0.591. The van der Waals surface area contributed by atoms with E-state index in [9.17, 15) is 5.11 Å². The van der Waals surface area contributed by atoms with E-state index in [0.29, 0.717) is 24.8 Å². The van der Waals surface area contributed by atoms with Crippen molar-refractivity contribution in [2.24, 2.45) is 11.7 Å². The summed E-state index contributed by atoms with van der Waals surface area (Å²) in [4.78, 5) is 0. The topological polar surface area (TPSA) is 66.5 Å². The monoisotopic (exact) mass is 187 g/mol. The predicted molar refractivity (Wildman–Crippen MR) is 52.3 cm³/mol. The van der Waals surface area contributed by atoms with Gasteiger partial charge in [0.15, 0.2) is 0 Å². The molecule has 3 nitrogen and oxygen atoms in total. The maximum atomic E-state index is 9.59. The molecule has 0 radical (unpaired) electrons. The van der Waals surface area contributed by atoms with E-state index in [2.05, 4.69) is 0 Å². The zero-order valence-corrected chi connectivity index (χ0v) is 8.15. The number of hydrogen-bond donors (Lipinski definition) is 3. The van der Waals surface area contributed by atoms with Crippen LogP contribution in [0.1, 0.15) is 38.5 Å². The largest absolute Gasteiger partial charge is 0.396 e. The molecule has 0 amide bonds. The number of nitrogens with two attached hydrogens (primary N) is 1. The van der Waals surface area contributed by atoms with Crippen LogP contribution in [0.25, 0.3) is 0 Å². The summed E-state index contributed by atoms with van der Waals surface area (Å²) in [5, 5.41) is 18.2. The van der Waals surface area contributed by atoms with Gasteiger partial charge in [0.25, 0.3) is 0 Å². The normalized spacial score (nSPS) is 30.7. The van der Waals surface area contributed by atoms with E-state index in [1.54, 1.807) is 0 Å². The number of aliphatic hydroxyl groups excluding tert-OH is 2. The molecule has 3 atom stereocenters. The van der Waals surface area contributed by atoms with Crippen molar-refractivity contribution in [3.05, 3.63) is 0 Å². The predicted octanol–water partition coefficient (Wildman–Crippen LogP) is 0.637. The standard InChI is InChI=1S/C10H21NO2/c11-10-5-1-3-8(10)7-9(13)4-2-6-12/h8-10,12-13H,1-7,11H2. The van der Waals surface area contributed by atoms with Crippen LogP contribution in [0, 0.1) is 5.92 Å². The third-order valence-electron chi connectivity index (χ3n) is 2.99. The summed E-state index contributed by atoms with van der Waals surface area (Å²) in [6, 6.07) is 0.295. The Morgan fingerprint density at radius 2 is 2.15 bits per heavy atom. The second-order valence-corrected chi connectivity index (χ2v) is 4.11. The average Bonchev–Trinajstić information content (AvgIpc) is 2.48. The van der Waals surface area contributed by atoms with Crippen molar-refractivity contribution < 1.29 is 10.2 Å². The molecular weight excluding hydrogens is 166 g/mol. The van der Waals surface area contributed by atoms with Crippen LogP contribution in [0.3, 0.4) is 0 Å². The molecule has 13 heavy (non-hydrogen) atoms. The van der Waals surface area contributed by atoms with Crippen LogP contribution >= 0.6 is 0 Å². The summed E-state index contributed by atoms with van der Waals surface area (Å²) in [6.45, 7) is 0.174. The van der Waals surface area contributed by atoms with Crippen LogP contribution in [-0.2, 0) is 0 Å². The minimum absolute atomic E-state index is 0.174. The van der Waals surface area contributed by atoms with Crippen molar-refractivity contribution in [3.63, 3.8) is 0 Å². The Hall–Kier alpha value is -0.120. The molecule has 0 spiro atoms. The summed E-state index contributed by atoms with van der Waals surface area (Å²) in [5.74, 6) is 0.508. The molecule has 0 saturated heterocycles. The third-order valence-corrected chi connectivity index (χ3v) is 2.99. The van der Waals surface area contributed by atoms with Gasteiger partial charge in [-0.25, -0.2) is 0 Å². The van der Waals surface area contributed by atoms with Crippen LogP contribution in [-0.4, -0.2) is 29.0 Å². The second kappa shape index (κ2) is 5.58. The van der Waals surface area contributed by atoms with Gasteiger partial charge in [0, 0.05) is 12.6 Å². The molecule has 0 aromatic rings. The molecule has 1 saturated carbocycles. The Morgan fingerprint density at radius 1 is 1.38 bits per heavy atom. The lowest BCUT2D eigenvalue weighted by atomic mass is 9.95. The molecular formula is C10H21NO2. The zero-order valence-electron chi connectivity index (χ0n) is 8.15. The van der Waals surface area contributed by atoms with Gasteiger partial charge in [-0.15, -0.1) is 0 Å². The highest BCUT2D eigenvalue weighted by atomic mass is 16.3. The molecule has 0 aromatic heterocycles. The van der Waals surface area contributed by atoms with Crippen LogP contribution < -0.4 is 5.73 Å². The van der Waals surface area contributed by atoms with Gasteiger partial charge < -0.3 is 15.9 Å². The van der Waals surface area contributed by atoms with Gasteiger partial charge >= 0.3 is 0 Å². The Bertz CT molecular complexity index is 141. The molecule has 0 bridgehead atoms. The Kier molecular flexibility index (Phi) is 4.70. The fraction of sp³-hybridized carbons (Fsp3) is 1.00. The minimum atomic E-state index is -0.263. The first kappa shape index (κ1) is 11.0. The van der Waals surface area contributed by atoms with Crippen molar-refractivity contribution in [2.45, 2.75) is 50.7 Å². The summed E-state index contributed by atoms with van der Waals surface area (Å²) in [5.41, 5.74) is 5.90. The molecule has 1 aliphatic rings. The highest BCUT2D eigenvalue weighted by Gasteiger charge is 2.25. The van der Waals surface area contributed by atoms with E-state index in [1.807, 2.05) is 0 Å². The molecule has 1 rings (SSSR count). The molecule has 1 aliphatic carbocycles. The van der Waals surface area contributed by atoms with Crippen molar-refractivity contribution >= 4 is 0 Å². The summed E-state index contributed by atoms with van der Waals surface area (Å²) in [7, 11) is 0. The first-order valence-electron chi connectivity index (χ1n) is 5.28. The van der Waals surface area contributed by atoms with Gasteiger partial charge in [0.1, 0.15) is 0 Å². The van der Waals surface area contributed by atoms with E-state index < -0.39 is 0 Å². The van der Waals surface area contributed by atoms with Crippen LogP contribution in [0.4, 0.5) is 0 Å². The van der Waals surface area contributed by atoms with Crippen LogP contribution in [0.2, 0.25) is 0 Å². The van der Waals surface area contributed by atoms with Crippen LogP contribution in [0.15, 0.2) is 0 Å². The van der Waals surface area contributed by atoms with Gasteiger partial charge in [-0.05, 0) is 38.0 Å². The number of hydrogen-bond acceptors (Lipinski definition) is 3. The number of rotatable bonds is 5. The molecule has 0 aromatic carbocycles. The highest BCUT2D eigenvalue weighted by Crippen LogP contribution is 2.28. The first-order chi connectivity index (χ1) is 6.24. The molecule has 78 valence electrons. The molecule has 3 unspecified atom stereocenters. The summed E-state index contributed by atoms with van der Waals surface area (Å²) >= 11 is 0. The fourth-order valence-electron chi connectivity index (χ4n) is 2.15. The smallest absolute Gasteiger partial charge is 0.0544 e.